The van der Waals surface area contributed by atoms with Crippen LogP contribution in [-0.4, -0.2) is 61.1 Å². The summed E-state index contributed by atoms with van der Waals surface area (Å²) in [7, 11) is 2.11. The Bertz CT molecular complexity index is 1340. The molecule has 7 heteroatoms. The van der Waals surface area contributed by atoms with E-state index in [1.165, 1.54) is 29.5 Å². The topological polar surface area (TPSA) is 59.5 Å². The lowest BCUT2D eigenvalue weighted by Gasteiger charge is -2.21. The number of nitrogens with zero attached hydrogens (tertiary/aromatic N) is 3. The first-order valence-electron chi connectivity index (χ1n) is 13.9. The normalized spacial score (nSPS) is 18.2. The first-order valence-corrected chi connectivity index (χ1v) is 14.7. The van der Waals surface area contributed by atoms with Crippen LogP contribution in [0.4, 0.5) is 0 Å². The number of hydrogen-bond acceptors (Lipinski definition) is 7. The minimum Gasteiger partial charge on any atom is -0.490 e. The van der Waals surface area contributed by atoms with Gasteiger partial charge in [0.1, 0.15) is 15.8 Å². The molecule has 1 unspecified atom stereocenters. The average molecular weight is 543 g/mol. The Morgan fingerprint density at radius 3 is 2.64 bits per heavy atom. The summed E-state index contributed by atoms with van der Waals surface area (Å²) in [6, 6.07) is 12.9. The quantitative estimate of drug-likeness (QED) is 0.297. The zero-order valence-electron chi connectivity index (χ0n) is 23.2. The molecule has 1 atom stereocenters. The van der Waals surface area contributed by atoms with Gasteiger partial charge >= 0.3 is 0 Å². The van der Waals surface area contributed by atoms with Crippen molar-refractivity contribution in [2.75, 3.05) is 39.9 Å². The van der Waals surface area contributed by atoms with Gasteiger partial charge in [0.05, 0.1) is 24.9 Å². The van der Waals surface area contributed by atoms with Gasteiger partial charge in [-0.05, 0) is 75.9 Å². The number of nitrogens with one attached hydrogen (secondary N) is 1. The summed E-state index contributed by atoms with van der Waals surface area (Å²) in [6.07, 6.45) is 12.9. The van der Waals surface area contributed by atoms with Crippen LogP contribution in [0.1, 0.15) is 55.8 Å². The molecule has 2 aromatic carbocycles. The number of aromatic nitrogens is 2. The predicted molar refractivity (Wildman–Crippen MR) is 159 cm³/mol. The Morgan fingerprint density at radius 1 is 1.15 bits per heavy atom. The third-order valence-electron chi connectivity index (χ3n) is 7.20. The van der Waals surface area contributed by atoms with Crippen LogP contribution in [0.2, 0.25) is 0 Å². The van der Waals surface area contributed by atoms with Crippen LogP contribution >= 0.6 is 11.3 Å². The number of hydrogen-bond donors (Lipinski definition) is 1. The van der Waals surface area contributed by atoms with E-state index in [9.17, 15) is 0 Å². The molecule has 2 heterocycles. The van der Waals surface area contributed by atoms with Crippen LogP contribution in [0, 0.1) is 12.3 Å². The highest BCUT2D eigenvalue weighted by Crippen LogP contribution is 2.40. The van der Waals surface area contributed by atoms with Crippen molar-refractivity contribution in [3.63, 3.8) is 0 Å². The maximum atomic E-state index is 5.82. The standard InChI is InChI=1S/C27H27N3OS.C5H11NO/c1-4-19-16-20(10-13-25(19)31-17(2)3)26-29-30-27(32-26)23-7-5-6-22-21(23)11-12-24(22)28-15-14-18-8-9-18;1-6-2-4-7-5-3-6/h1,5-7,10,13-14,16-17,24,28H,8-9,11-12,15H2,2-3H3;2-5H2,1H3. The van der Waals surface area contributed by atoms with E-state index in [0.717, 1.165) is 72.6 Å². The number of morpholine rings is 1. The molecule has 1 N–H and O–H groups in total. The smallest absolute Gasteiger partial charge is 0.148 e. The van der Waals surface area contributed by atoms with Crippen molar-refractivity contribution in [2.45, 2.75) is 51.7 Å². The van der Waals surface area contributed by atoms with Crippen LogP contribution < -0.4 is 10.1 Å². The highest BCUT2D eigenvalue weighted by molar-refractivity contribution is 7.17. The Morgan fingerprint density at radius 2 is 1.95 bits per heavy atom. The van der Waals surface area contributed by atoms with Gasteiger partial charge in [-0.3, -0.25) is 0 Å². The molecule has 1 aromatic heterocycles. The molecule has 39 heavy (non-hydrogen) atoms. The van der Waals surface area contributed by atoms with Gasteiger partial charge in [-0.15, -0.1) is 16.6 Å². The van der Waals surface area contributed by atoms with Crippen molar-refractivity contribution in [1.82, 2.24) is 20.4 Å². The molecular weight excluding hydrogens is 504 g/mol. The Hall–Kier alpha value is -3.02. The zero-order valence-corrected chi connectivity index (χ0v) is 24.0. The summed E-state index contributed by atoms with van der Waals surface area (Å²) in [5.41, 5.74) is 7.30. The summed E-state index contributed by atoms with van der Waals surface area (Å²) in [5.74, 6) is 3.47. The zero-order chi connectivity index (χ0) is 27.2. The van der Waals surface area contributed by atoms with Gasteiger partial charge in [-0.25, -0.2) is 0 Å². The minimum atomic E-state index is 0.0740. The largest absolute Gasteiger partial charge is 0.490 e. The number of rotatable bonds is 7. The maximum absolute atomic E-state index is 5.82. The Balaban J connectivity index is 0.000000384. The van der Waals surface area contributed by atoms with Crippen LogP contribution in [0.5, 0.6) is 5.75 Å². The van der Waals surface area contributed by atoms with E-state index in [4.69, 9.17) is 15.9 Å². The molecule has 1 saturated carbocycles. The fourth-order valence-corrected chi connectivity index (χ4v) is 5.82. The second-order valence-electron chi connectivity index (χ2n) is 10.6. The molecule has 2 aliphatic carbocycles. The number of ether oxygens (including phenoxy) is 2. The highest BCUT2D eigenvalue weighted by Gasteiger charge is 2.26. The molecule has 0 radical (unpaired) electrons. The molecule has 3 aliphatic rings. The van der Waals surface area contributed by atoms with E-state index in [2.05, 4.69) is 57.7 Å². The molecule has 0 amide bonds. The lowest BCUT2D eigenvalue weighted by Crippen LogP contribution is -2.32. The monoisotopic (exact) mass is 542 g/mol. The van der Waals surface area contributed by atoms with E-state index < -0.39 is 0 Å². The summed E-state index contributed by atoms with van der Waals surface area (Å²) in [6.45, 7) is 8.97. The van der Waals surface area contributed by atoms with Gasteiger partial charge in [-0.1, -0.05) is 47.1 Å². The lowest BCUT2D eigenvalue weighted by atomic mass is 10.0. The maximum Gasteiger partial charge on any atom is 0.148 e. The molecule has 3 aromatic rings. The van der Waals surface area contributed by atoms with Gasteiger partial charge < -0.3 is 19.7 Å². The molecule has 1 aliphatic heterocycles. The van der Waals surface area contributed by atoms with Crippen molar-refractivity contribution < 1.29 is 9.47 Å². The fourth-order valence-electron chi connectivity index (χ4n) is 4.92. The fraction of sp³-hybridized carbons (Fsp3) is 0.438. The lowest BCUT2D eigenvalue weighted by molar-refractivity contribution is 0.0503. The van der Waals surface area contributed by atoms with Crippen LogP contribution in [0.3, 0.4) is 0 Å². The predicted octanol–water partition coefficient (Wildman–Crippen LogP) is 5.89. The van der Waals surface area contributed by atoms with Gasteiger partial charge in [0.15, 0.2) is 0 Å². The molecule has 6 nitrogen and oxygen atoms in total. The number of terminal acetylenes is 1. The third kappa shape index (κ3) is 7.14. The second-order valence-corrected chi connectivity index (χ2v) is 11.6. The van der Waals surface area contributed by atoms with Crippen LogP contribution in [0.25, 0.3) is 21.1 Å². The second kappa shape index (κ2) is 12.9. The minimum absolute atomic E-state index is 0.0740. The number of fused-ring (bicyclic) bond motifs is 1. The first-order chi connectivity index (χ1) is 19.0. The van der Waals surface area contributed by atoms with E-state index in [1.54, 1.807) is 16.9 Å². The number of allylic oxidation sites excluding steroid dienone is 1. The van der Waals surface area contributed by atoms with Gasteiger partial charge in [0, 0.05) is 36.8 Å². The van der Waals surface area contributed by atoms with Gasteiger partial charge in [-0.2, -0.15) is 0 Å². The number of likely N-dealkylation sites (N-methyl/N-ethyl adjacent to an activating group) is 1. The molecule has 1 saturated heterocycles. The molecule has 6 rings (SSSR count). The van der Waals surface area contributed by atoms with Crippen molar-refractivity contribution >= 4 is 11.3 Å². The van der Waals surface area contributed by atoms with Crippen LogP contribution in [0.15, 0.2) is 48.0 Å². The average Bonchev–Trinajstić information content (AvgIpc) is 3.47. The number of benzene rings is 2. The summed E-state index contributed by atoms with van der Waals surface area (Å²) >= 11 is 1.61. The van der Waals surface area contributed by atoms with Crippen molar-refractivity contribution in [1.29, 1.82) is 0 Å². The third-order valence-corrected chi connectivity index (χ3v) is 8.20. The van der Waals surface area contributed by atoms with Gasteiger partial charge in [0.25, 0.3) is 0 Å². The van der Waals surface area contributed by atoms with E-state index in [0.29, 0.717) is 6.04 Å². The molecule has 2 fully saturated rings. The summed E-state index contributed by atoms with van der Waals surface area (Å²) in [5, 5.41) is 14.6. The van der Waals surface area contributed by atoms with E-state index >= 15 is 0 Å². The molecule has 204 valence electrons. The molecule has 0 spiro atoms. The highest BCUT2D eigenvalue weighted by atomic mass is 32.1. The summed E-state index contributed by atoms with van der Waals surface area (Å²) < 4.78 is 10.9. The van der Waals surface area contributed by atoms with Crippen molar-refractivity contribution in [2.24, 2.45) is 0 Å². The molecular formula is C32H38N4O2S. The van der Waals surface area contributed by atoms with Crippen molar-refractivity contribution in [3.8, 4) is 39.2 Å². The Kier molecular flexibility index (Phi) is 9.10. The van der Waals surface area contributed by atoms with Crippen molar-refractivity contribution in [3.05, 3.63) is 64.7 Å². The SMILES string of the molecule is C#Cc1cc(-c2nnc(-c3cccc4c3CCC4NCC=C3CC3)s2)ccc1OC(C)C.CN1CCOCC1. The molecule has 0 bridgehead atoms. The van der Waals surface area contributed by atoms with E-state index in [-0.39, 0.29) is 6.10 Å². The van der Waals surface area contributed by atoms with Crippen LogP contribution in [-0.2, 0) is 11.2 Å². The van der Waals surface area contributed by atoms with Gasteiger partial charge in [0.2, 0.25) is 0 Å². The Labute approximate surface area is 236 Å². The van der Waals surface area contributed by atoms with E-state index in [1.807, 2.05) is 32.0 Å². The first kappa shape index (κ1) is 27.5. The summed E-state index contributed by atoms with van der Waals surface area (Å²) in [4.78, 5) is 2.27.